The van der Waals surface area contributed by atoms with Gasteiger partial charge in [-0.2, -0.15) is 0 Å². The Balaban J connectivity index is 1.99. The molecule has 0 heterocycles. The van der Waals surface area contributed by atoms with E-state index in [0.717, 1.165) is 27.8 Å². The zero-order chi connectivity index (χ0) is 24.7. The topological polar surface area (TPSA) is 49.4 Å². The van der Waals surface area contributed by atoms with Crippen LogP contribution in [-0.4, -0.2) is 28.3 Å². The summed E-state index contributed by atoms with van der Waals surface area (Å²) in [5.74, 6) is -0.191. The Labute approximate surface area is 204 Å². The Morgan fingerprint density at radius 2 is 1.44 bits per heavy atom. The van der Waals surface area contributed by atoms with Gasteiger partial charge in [-0.05, 0) is 56.9 Å². The first-order chi connectivity index (χ1) is 16.1. The molecule has 3 rings (SSSR count). The summed E-state index contributed by atoms with van der Waals surface area (Å²) in [4.78, 5) is 29.2. The molecule has 0 aromatic heterocycles. The van der Waals surface area contributed by atoms with Gasteiger partial charge in [0.05, 0.1) is 6.42 Å². The van der Waals surface area contributed by atoms with Crippen molar-refractivity contribution < 1.29 is 9.59 Å². The fourth-order valence-corrected chi connectivity index (χ4v) is 4.04. The van der Waals surface area contributed by atoms with Crippen LogP contribution >= 0.6 is 0 Å². The van der Waals surface area contributed by atoms with Gasteiger partial charge in [0.15, 0.2) is 0 Å². The highest BCUT2D eigenvalue weighted by Gasteiger charge is 2.32. The average Bonchev–Trinajstić information content (AvgIpc) is 2.78. The lowest BCUT2D eigenvalue weighted by Gasteiger charge is -2.34. The second-order valence-corrected chi connectivity index (χ2v) is 10.1. The van der Waals surface area contributed by atoms with Crippen LogP contribution in [0.1, 0.15) is 48.6 Å². The third kappa shape index (κ3) is 7.31. The van der Waals surface area contributed by atoms with Crippen LogP contribution in [0.2, 0.25) is 0 Å². The maximum atomic E-state index is 13.8. The minimum Gasteiger partial charge on any atom is -0.350 e. The number of carbonyl (C=O) groups is 2. The van der Waals surface area contributed by atoms with Crippen LogP contribution in [-0.2, 0) is 29.0 Å². The van der Waals surface area contributed by atoms with E-state index < -0.39 is 11.6 Å². The van der Waals surface area contributed by atoms with Crippen molar-refractivity contribution in [2.45, 2.75) is 65.6 Å². The van der Waals surface area contributed by atoms with Crippen LogP contribution in [0.15, 0.2) is 78.9 Å². The maximum absolute atomic E-state index is 13.8. The van der Waals surface area contributed by atoms with Gasteiger partial charge in [0, 0.05) is 18.5 Å². The number of nitrogens with zero attached hydrogens (tertiary/aromatic N) is 1. The monoisotopic (exact) mass is 456 g/mol. The van der Waals surface area contributed by atoms with E-state index >= 15 is 0 Å². The standard InChI is InChI=1S/C30H36N2O2/c1-22-16-17-23(2)26(18-22)20-28(33)32(21-25-14-10-7-11-15-25)27(29(34)31-30(3,4)5)19-24-12-8-6-9-13-24/h6-18,27H,19-21H2,1-5H3,(H,31,34)/t27-/m1/s1. The molecule has 0 saturated heterocycles. The van der Waals surface area contributed by atoms with Gasteiger partial charge in [-0.1, -0.05) is 84.4 Å². The number of carbonyl (C=O) groups excluding carboxylic acids is 2. The van der Waals surface area contributed by atoms with Gasteiger partial charge >= 0.3 is 0 Å². The van der Waals surface area contributed by atoms with E-state index in [4.69, 9.17) is 0 Å². The van der Waals surface area contributed by atoms with Crippen LogP contribution in [0.3, 0.4) is 0 Å². The van der Waals surface area contributed by atoms with E-state index in [1.54, 1.807) is 4.90 Å². The molecule has 0 aliphatic rings. The van der Waals surface area contributed by atoms with Gasteiger partial charge < -0.3 is 10.2 Å². The molecule has 0 aliphatic carbocycles. The highest BCUT2D eigenvalue weighted by Crippen LogP contribution is 2.19. The summed E-state index contributed by atoms with van der Waals surface area (Å²) in [6.45, 7) is 10.3. The molecule has 2 amide bonds. The number of hydrogen-bond donors (Lipinski definition) is 1. The molecule has 34 heavy (non-hydrogen) atoms. The highest BCUT2D eigenvalue weighted by molar-refractivity contribution is 5.89. The van der Waals surface area contributed by atoms with Crippen LogP contribution in [0.4, 0.5) is 0 Å². The smallest absolute Gasteiger partial charge is 0.243 e. The first-order valence-electron chi connectivity index (χ1n) is 11.9. The molecule has 178 valence electrons. The molecular weight excluding hydrogens is 420 g/mol. The Bertz CT molecular complexity index is 1100. The predicted octanol–water partition coefficient (Wildman–Crippen LogP) is 5.40. The molecule has 1 atom stereocenters. The Morgan fingerprint density at radius 3 is 2.03 bits per heavy atom. The zero-order valence-corrected chi connectivity index (χ0v) is 21.0. The zero-order valence-electron chi connectivity index (χ0n) is 21.0. The Hall–Kier alpha value is -3.40. The van der Waals surface area contributed by atoms with E-state index in [-0.39, 0.29) is 18.2 Å². The summed E-state index contributed by atoms with van der Waals surface area (Å²) in [5.41, 5.74) is 4.82. The summed E-state index contributed by atoms with van der Waals surface area (Å²) >= 11 is 0. The minimum atomic E-state index is -0.626. The fraction of sp³-hybridized carbons (Fsp3) is 0.333. The van der Waals surface area contributed by atoms with Crippen LogP contribution in [0.25, 0.3) is 0 Å². The molecule has 4 heteroatoms. The molecule has 3 aromatic carbocycles. The number of aryl methyl sites for hydroxylation is 2. The Morgan fingerprint density at radius 1 is 0.853 bits per heavy atom. The van der Waals surface area contributed by atoms with Crippen LogP contribution in [0, 0.1) is 13.8 Å². The fourth-order valence-electron chi connectivity index (χ4n) is 4.04. The third-order valence-corrected chi connectivity index (χ3v) is 5.81. The second kappa shape index (κ2) is 11.1. The number of rotatable bonds is 8. The molecular formula is C30H36N2O2. The molecule has 0 unspecified atom stereocenters. The van der Waals surface area contributed by atoms with Crippen molar-refractivity contribution in [3.8, 4) is 0 Å². The van der Waals surface area contributed by atoms with Crippen LogP contribution < -0.4 is 5.32 Å². The van der Waals surface area contributed by atoms with Crippen molar-refractivity contribution >= 4 is 11.8 Å². The lowest BCUT2D eigenvalue weighted by atomic mass is 9.98. The number of hydrogen-bond acceptors (Lipinski definition) is 2. The summed E-state index contributed by atoms with van der Waals surface area (Å²) < 4.78 is 0. The van der Waals surface area contributed by atoms with Gasteiger partial charge in [0.2, 0.25) is 11.8 Å². The van der Waals surface area contributed by atoms with E-state index in [9.17, 15) is 9.59 Å². The summed E-state index contributed by atoms with van der Waals surface area (Å²) in [7, 11) is 0. The predicted molar refractivity (Wildman–Crippen MR) is 138 cm³/mol. The number of benzene rings is 3. The molecule has 0 saturated carbocycles. The Kier molecular flexibility index (Phi) is 8.27. The van der Waals surface area contributed by atoms with E-state index in [2.05, 4.69) is 17.4 Å². The minimum absolute atomic E-state index is 0.0532. The second-order valence-electron chi connectivity index (χ2n) is 10.1. The quantitative estimate of drug-likeness (QED) is 0.493. The number of nitrogens with one attached hydrogen (secondary N) is 1. The molecule has 3 aromatic rings. The van der Waals surface area contributed by atoms with Gasteiger partial charge in [0.1, 0.15) is 6.04 Å². The molecule has 0 fully saturated rings. The lowest BCUT2D eigenvalue weighted by Crippen LogP contribution is -2.54. The van der Waals surface area contributed by atoms with Crippen molar-refractivity contribution in [3.63, 3.8) is 0 Å². The third-order valence-electron chi connectivity index (χ3n) is 5.81. The largest absolute Gasteiger partial charge is 0.350 e. The van der Waals surface area contributed by atoms with Gasteiger partial charge in [-0.3, -0.25) is 9.59 Å². The van der Waals surface area contributed by atoms with E-state index in [0.29, 0.717) is 13.0 Å². The van der Waals surface area contributed by atoms with Crippen molar-refractivity contribution in [1.29, 1.82) is 0 Å². The first-order valence-corrected chi connectivity index (χ1v) is 11.9. The maximum Gasteiger partial charge on any atom is 0.243 e. The van der Waals surface area contributed by atoms with Gasteiger partial charge in [0.25, 0.3) is 0 Å². The normalized spacial score (nSPS) is 12.1. The molecule has 1 N–H and O–H groups in total. The van der Waals surface area contributed by atoms with E-state index in [1.807, 2.05) is 101 Å². The molecule has 4 nitrogen and oxygen atoms in total. The SMILES string of the molecule is Cc1ccc(C)c(CC(=O)N(Cc2ccccc2)[C@H](Cc2ccccc2)C(=O)NC(C)(C)C)c1. The summed E-state index contributed by atoms with van der Waals surface area (Å²) in [6, 6.07) is 25.3. The average molecular weight is 457 g/mol. The number of amides is 2. The molecule has 0 aliphatic heterocycles. The molecule has 0 bridgehead atoms. The van der Waals surface area contributed by atoms with Gasteiger partial charge in [-0.25, -0.2) is 0 Å². The van der Waals surface area contributed by atoms with Gasteiger partial charge in [-0.15, -0.1) is 0 Å². The van der Waals surface area contributed by atoms with Crippen molar-refractivity contribution in [2.75, 3.05) is 0 Å². The molecule has 0 radical (unpaired) electrons. The van der Waals surface area contributed by atoms with Crippen LogP contribution in [0.5, 0.6) is 0 Å². The lowest BCUT2D eigenvalue weighted by molar-refractivity contribution is -0.141. The molecule has 0 spiro atoms. The van der Waals surface area contributed by atoms with Crippen molar-refractivity contribution in [1.82, 2.24) is 10.2 Å². The summed E-state index contributed by atoms with van der Waals surface area (Å²) in [6.07, 6.45) is 0.711. The van der Waals surface area contributed by atoms with Crippen molar-refractivity contribution in [2.24, 2.45) is 0 Å². The first kappa shape index (κ1) is 25.2. The van der Waals surface area contributed by atoms with Crippen molar-refractivity contribution in [3.05, 3.63) is 107 Å². The summed E-state index contributed by atoms with van der Waals surface area (Å²) in [5, 5.41) is 3.11. The van der Waals surface area contributed by atoms with E-state index in [1.165, 1.54) is 0 Å². The highest BCUT2D eigenvalue weighted by atomic mass is 16.2.